The lowest BCUT2D eigenvalue weighted by Gasteiger charge is -2.18. The van der Waals surface area contributed by atoms with Gasteiger partial charge in [0.15, 0.2) is 6.10 Å². The SMILES string of the molecule is CCCCC/C=C/C/C=C/C/C=C/CCCCC(=O)O[C@H](COC(=O)CCCCCCCCCCCCCCCCCCCCCCCCC)COP(=O)(O)O. The summed E-state index contributed by atoms with van der Waals surface area (Å²) in [6, 6.07) is 0. The maximum absolute atomic E-state index is 12.4. The molecule has 328 valence electrons. The lowest BCUT2D eigenvalue weighted by atomic mass is 10.0. The number of hydrogen-bond acceptors (Lipinski definition) is 6. The molecule has 0 heterocycles. The molecule has 0 unspecified atom stereocenters. The fourth-order valence-electron chi connectivity index (χ4n) is 6.68. The van der Waals surface area contributed by atoms with Crippen molar-refractivity contribution < 1.29 is 37.9 Å². The van der Waals surface area contributed by atoms with Crippen LogP contribution in [0.5, 0.6) is 0 Å². The summed E-state index contributed by atoms with van der Waals surface area (Å²) in [4.78, 5) is 42.9. The third kappa shape index (κ3) is 45.0. The van der Waals surface area contributed by atoms with Gasteiger partial charge in [-0.25, -0.2) is 4.57 Å². The Balaban J connectivity index is 3.84. The van der Waals surface area contributed by atoms with Crippen molar-refractivity contribution in [1.29, 1.82) is 0 Å². The number of phosphoric acid groups is 1. The Morgan fingerprint density at radius 3 is 1.23 bits per heavy atom. The van der Waals surface area contributed by atoms with Gasteiger partial charge in [0, 0.05) is 12.8 Å². The van der Waals surface area contributed by atoms with Gasteiger partial charge in [-0.05, 0) is 51.4 Å². The van der Waals surface area contributed by atoms with Gasteiger partial charge in [0.2, 0.25) is 0 Å². The number of rotatable bonds is 43. The van der Waals surface area contributed by atoms with Gasteiger partial charge in [-0.15, -0.1) is 0 Å². The van der Waals surface area contributed by atoms with E-state index in [1.54, 1.807) is 0 Å². The second kappa shape index (κ2) is 42.9. The lowest BCUT2D eigenvalue weighted by molar-refractivity contribution is -0.161. The van der Waals surface area contributed by atoms with E-state index < -0.39 is 32.5 Å². The van der Waals surface area contributed by atoms with Crippen LogP contribution in [0, 0.1) is 0 Å². The van der Waals surface area contributed by atoms with Crippen LogP contribution < -0.4 is 0 Å². The van der Waals surface area contributed by atoms with Gasteiger partial charge >= 0.3 is 19.8 Å². The molecule has 0 aromatic carbocycles. The van der Waals surface area contributed by atoms with Crippen molar-refractivity contribution in [2.45, 2.75) is 238 Å². The second-order valence-corrected chi connectivity index (χ2v) is 17.0. The Labute approximate surface area is 344 Å². The summed E-state index contributed by atoms with van der Waals surface area (Å²) in [5, 5.41) is 0. The molecule has 0 spiro atoms. The molecule has 0 rings (SSSR count). The van der Waals surface area contributed by atoms with Crippen LogP contribution in [0.1, 0.15) is 232 Å². The van der Waals surface area contributed by atoms with E-state index in [2.05, 4.69) is 54.8 Å². The summed E-state index contributed by atoms with van der Waals surface area (Å²) >= 11 is 0. The molecule has 0 bridgehead atoms. The van der Waals surface area contributed by atoms with Gasteiger partial charge < -0.3 is 19.3 Å². The van der Waals surface area contributed by atoms with Crippen molar-refractivity contribution in [2.75, 3.05) is 13.2 Å². The number of carbonyl (C=O) groups excluding carboxylic acids is 2. The van der Waals surface area contributed by atoms with Crippen molar-refractivity contribution in [3.05, 3.63) is 36.5 Å². The highest BCUT2D eigenvalue weighted by atomic mass is 31.2. The van der Waals surface area contributed by atoms with E-state index in [0.717, 1.165) is 51.4 Å². The van der Waals surface area contributed by atoms with Crippen LogP contribution in [-0.4, -0.2) is 41.0 Å². The molecule has 56 heavy (non-hydrogen) atoms. The maximum atomic E-state index is 12.4. The Hall–Kier alpha value is -1.73. The molecule has 0 fully saturated rings. The molecule has 1 atom stereocenters. The van der Waals surface area contributed by atoms with Crippen LogP contribution in [0.3, 0.4) is 0 Å². The van der Waals surface area contributed by atoms with E-state index in [-0.39, 0.29) is 19.4 Å². The van der Waals surface area contributed by atoms with Crippen LogP contribution in [0.15, 0.2) is 36.5 Å². The van der Waals surface area contributed by atoms with Gasteiger partial charge in [-0.3, -0.25) is 14.1 Å². The van der Waals surface area contributed by atoms with Crippen LogP contribution in [-0.2, 0) is 28.2 Å². The first kappa shape index (κ1) is 54.3. The summed E-state index contributed by atoms with van der Waals surface area (Å²) < 4.78 is 26.4. The van der Waals surface area contributed by atoms with E-state index in [0.29, 0.717) is 6.42 Å². The van der Waals surface area contributed by atoms with Crippen molar-refractivity contribution >= 4 is 19.8 Å². The fourth-order valence-corrected chi connectivity index (χ4v) is 7.04. The first-order valence-corrected chi connectivity index (χ1v) is 24.8. The first-order valence-electron chi connectivity index (χ1n) is 23.3. The number of allylic oxidation sites excluding steroid dienone is 6. The van der Waals surface area contributed by atoms with E-state index in [4.69, 9.17) is 19.3 Å². The van der Waals surface area contributed by atoms with Gasteiger partial charge in [0.05, 0.1) is 6.61 Å². The van der Waals surface area contributed by atoms with Gasteiger partial charge in [-0.1, -0.05) is 204 Å². The third-order valence-electron chi connectivity index (χ3n) is 10.2. The smallest absolute Gasteiger partial charge is 0.462 e. The first-order chi connectivity index (χ1) is 27.3. The van der Waals surface area contributed by atoms with Crippen LogP contribution >= 0.6 is 7.82 Å². The normalized spacial score (nSPS) is 12.7. The molecule has 0 saturated heterocycles. The highest BCUT2D eigenvalue weighted by Gasteiger charge is 2.22. The minimum Gasteiger partial charge on any atom is -0.462 e. The van der Waals surface area contributed by atoms with Crippen LogP contribution in [0.2, 0.25) is 0 Å². The number of hydrogen-bond donors (Lipinski definition) is 2. The van der Waals surface area contributed by atoms with E-state index in [1.165, 1.54) is 148 Å². The fraction of sp³-hybridized carbons (Fsp3) is 0.830. The minimum atomic E-state index is -4.76. The molecule has 9 heteroatoms. The number of ether oxygens (including phenoxy) is 2. The van der Waals surface area contributed by atoms with E-state index in [1.807, 2.05) is 0 Å². The molecule has 8 nitrogen and oxygen atoms in total. The van der Waals surface area contributed by atoms with Crippen LogP contribution in [0.4, 0.5) is 0 Å². The van der Waals surface area contributed by atoms with Crippen LogP contribution in [0.25, 0.3) is 0 Å². The molecule has 0 radical (unpaired) electrons. The largest absolute Gasteiger partial charge is 0.469 e. The monoisotopic (exact) mass is 811 g/mol. The van der Waals surface area contributed by atoms with Crippen molar-refractivity contribution in [2.24, 2.45) is 0 Å². The summed E-state index contributed by atoms with van der Waals surface area (Å²) in [6.45, 7) is 3.65. The van der Waals surface area contributed by atoms with Crippen molar-refractivity contribution in [1.82, 2.24) is 0 Å². The second-order valence-electron chi connectivity index (χ2n) is 15.7. The third-order valence-corrected chi connectivity index (χ3v) is 10.6. The predicted molar refractivity (Wildman–Crippen MR) is 235 cm³/mol. The van der Waals surface area contributed by atoms with Gasteiger partial charge in [0.1, 0.15) is 6.61 Å². The molecule has 0 aliphatic carbocycles. The molecule has 0 saturated carbocycles. The van der Waals surface area contributed by atoms with Crippen molar-refractivity contribution in [3.63, 3.8) is 0 Å². The number of unbranched alkanes of at least 4 members (excludes halogenated alkanes) is 27. The summed E-state index contributed by atoms with van der Waals surface area (Å²) in [7, 11) is -4.76. The Bertz CT molecular complexity index is 1000. The zero-order chi connectivity index (χ0) is 41.1. The maximum Gasteiger partial charge on any atom is 0.469 e. The summed E-state index contributed by atoms with van der Waals surface area (Å²) in [6.07, 6.45) is 51.7. The Morgan fingerprint density at radius 1 is 0.464 bits per heavy atom. The molecule has 0 aliphatic heterocycles. The zero-order valence-electron chi connectivity index (χ0n) is 36.3. The molecule has 2 N–H and O–H groups in total. The summed E-state index contributed by atoms with van der Waals surface area (Å²) in [5.74, 6) is -0.920. The van der Waals surface area contributed by atoms with E-state index in [9.17, 15) is 14.2 Å². The highest BCUT2D eigenvalue weighted by Crippen LogP contribution is 2.36. The average Bonchev–Trinajstić information content (AvgIpc) is 3.17. The standard InChI is InChI=1S/C47H87O8P/c1-3-5-7-9-11-13-15-17-19-20-21-22-23-24-25-26-28-29-31-33-35-37-39-41-46(48)53-43-45(44-54-56(50,51)52)55-47(49)42-40-38-36-34-32-30-27-18-16-14-12-10-8-6-4-2/h12,14,18,27,32,34,45H,3-11,13,15-17,19-26,28-31,33,35-44H2,1-2H3,(H2,50,51,52)/b14-12+,27-18+,34-32+/t45-/m1/s1. The molecule has 0 aromatic rings. The van der Waals surface area contributed by atoms with E-state index >= 15 is 0 Å². The molecule has 0 aromatic heterocycles. The lowest BCUT2D eigenvalue weighted by Crippen LogP contribution is -2.29. The minimum absolute atomic E-state index is 0.165. The molecule has 0 amide bonds. The summed E-state index contributed by atoms with van der Waals surface area (Å²) in [5.41, 5.74) is 0. The topological polar surface area (TPSA) is 119 Å². The Kier molecular flexibility index (Phi) is 41.5. The highest BCUT2D eigenvalue weighted by molar-refractivity contribution is 7.46. The molecular formula is C47H87O8P. The zero-order valence-corrected chi connectivity index (χ0v) is 37.2. The average molecular weight is 811 g/mol. The van der Waals surface area contributed by atoms with Crippen molar-refractivity contribution in [3.8, 4) is 0 Å². The number of carbonyl (C=O) groups is 2. The van der Waals surface area contributed by atoms with Gasteiger partial charge in [0.25, 0.3) is 0 Å². The quantitative estimate of drug-likeness (QED) is 0.0270. The number of phosphoric ester groups is 1. The predicted octanol–water partition coefficient (Wildman–Crippen LogP) is 14.5. The van der Waals surface area contributed by atoms with Gasteiger partial charge in [-0.2, -0.15) is 0 Å². The number of esters is 2. The molecule has 0 aliphatic rings. The Morgan fingerprint density at radius 2 is 0.804 bits per heavy atom. The molecular weight excluding hydrogens is 723 g/mol.